The first-order valence-electron chi connectivity index (χ1n) is 9.00. The monoisotopic (exact) mass is 329 g/mol. The summed E-state index contributed by atoms with van der Waals surface area (Å²) in [5.41, 5.74) is 7.19. The third-order valence-corrected chi connectivity index (χ3v) is 5.39. The third kappa shape index (κ3) is 3.96. The summed E-state index contributed by atoms with van der Waals surface area (Å²) in [5, 5.41) is 6.03. The van der Waals surface area contributed by atoms with Crippen molar-refractivity contribution in [1.29, 1.82) is 0 Å². The highest BCUT2D eigenvalue weighted by Gasteiger charge is 2.39. The highest BCUT2D eigenvalue weighted by Crippen LogP contribution is 2.38. The number of nitrogens with two attached hydrogens (primary N) is 1. The topological polar surface area (TPSA) is 84.2 Å². The zero-order chi connectivity index (χ0) is 17.1. The van der Waals surface area contributed by atoms with E-state index in [-0.39, 0.29) is 23.8 Å². The number of nitrogens with one attached hydrogen (secondary N) is 2. The number of amides is 2. The van der Waals surface area contributed by atoms with Gasteiger partial charge in [-0.2, -0.15) is 0 Å². The van der Waals surface area contributed by atoms with Gasteiger partial charge >= 0.3 is 0 Å². The van der Waals surface area contributed by atoms with Crippen LogP contribution in [0.1, 0.15) is 49.4 Å². The summed E-state index contributed by atoms with van der Waals surface area (Å²) in [5.74, 6) is 1.03. The predicted molar refractivity (Wildman–Crippen MR) is 94.6 cm³/mol. The zero-order valence-corrected chi connectivity index (χ0v) is 14.3. The van der Waals surface area contributed by atoms with Gasteiger partial charge in [0.05, 0.1) is 0 Å². The molecule has 1 aromatic carbocycles. The molecule has 5 heteroatoms. The Labute approximate surface area is 143 Å². The zero-order valence-electron chi connectivity index (χ0n) is 14.3. The van der Waals surface area contributed by atoms with Crippen LogP contribution < -0.4 is 16.4 Å². The van der Waals surface area contributed by atoms with Crippen LogP contribution in [0, 0.1) is 17.8 Å². The number of anilines is 1. The van der Waals surface area contributed by atoms with Gasteiger partial charge < -0.3 is 16.4 Å². The number of carbonyl (C=O) groups is 2. The van der Waals surface area contributed by atoms with Gasteiger partial charge in [-0.1, -0.05) is 19.8 Å². The standard InChI is InChI=1S/C19H27N3O2/c1-12-10-16(12)19(24)21-15-8-6-13(7-9-15)18(23)22-17-5-3-2-4-14(17)11-20/h6-9,12,14,16-17H,2-5,10-11,20H2,1H3,(H,21,24)(H,22,23). The second-order valence-electron chi connectivity index (χ2n) is 7.25. The van der Waals surface area contributed by atoms with Crippen molar-refractivity contribution in [1.82, 2.24) is 5.32 Å². The predicted octanol–water partition coefficient (Wildman–Crippen LogP) is 2.53. The van der Waals surface area contributed by atoms with E-state index in [1.807, 2.05) is 0 Å². The Balaban J connectivity index is 1.56. The first kappa shape index (κ1) is 17.0. The Hall–Kier alpha value is -1.88. The van der Waals surface area contributed by atoms with Gasteiger partial charge in [0.15, 0.2) is 0 Å². The maximum Gasteiger partial charge on any atom is 0.251 e. The molecule has 0 aromatic heterocycles. The molecule has 3 rings (SSSR count). The summed E-state index contributed by atoms with van der Waals surface area (Å²) in [6.07, 6.45) is 5.40. The minimum atomic E-state index is -0.0611. The van der Waals surface area contributed by atoms with E-state index < -0.39 is 0 Å². The molecule has 4 N–H and O–H groups in total. The molecule has 4 unspecified atom stereocenters. The van der Waals surface area contributed by atoms with Crippen LogP contribution in [0.5, 0.6) is 0 Å². The summed E-state index contributed by atoms with van der Waals surface area (Å²) in [6.45, 7) is 2.70. The van der Waals surface area contributed by atoms with E-state index in [0.717, 1.165) is 31.4 Å². The molecule has 0 aliphatic heterocycles. The summed E-state index contributed by atoms with van der Waals surface area (Å²) in [6, 6.07) is 7.29. The van der Waals surface area contributed by atoms with Crippen molar-refractivity contribution in [2.24, 2.45) is 23.5 Å². The Morgan fingerprint density at radius 1 is 1.17 bits per heavy atom. The van der Waals surface area contributed by atoms with E-state index in [1.54, 1.807) is 24.3 Å². The minimum Gasteiger partial charge on any atom is -0.349 e. The molecule has 5 nitrogen and oxygen atoms in total. The van der Waals surface area contributed by atoms with Gasteiger partial charge in [0.25, 0.3) is 5.91 Å². The van der Waals surface area contributed by atoms with Crippen molar-refractivity contribution in [3.05, 3.63) is 29.8 Å². The quantitative estimate of drug-likeness (QED) is 0.776. The Bertz CT molecular complexity index is 599. The second-order valence-corrected chi connectivity index (χ2v) is 7.25. The maximum absolute atomic E-state index is 12.4. The van der Waals surface area contributed by atoms with Crippen molar-refractivity contribution in [3.63, 3.8) is 0 Å². The van der Waals surface area contributed by atoms with E-state index in [4.69, 9.17) is 5.73 Å². The van der Waals surface area contributed by atoms with Gasteiger partial charge in [-0.15, -0.1) is 0 Å². The molecule has 0 saturated heterocycles. The normalized spacial score (nSPS) is 28.9. The second kappa shape index (κ2) is 7.34. The average Bonchev–Trinajstić information content (AvgIpc) is 3.33. The van der Waals surface area contributed by atoms with Crippen molar-refractivity contribution in [3.8, 4) is 0 Å². The van der Waals surface area contributed by atoms with Crippen LogP contribution in [0.4, 0.5) is 5.69 Å². The lowest BCUT2D eigenvalue weighted by Gasteiger charge is -2.31. The van der Waals surface area contributed by atoms with Gasteiger partial charge in [-0.05, 0) is 61.9 Å². The lowest BCUT2D eigenvalue weighted by atomic mass is 9.84. The van der Waals surface area contributed by atoms with Crippen LogP contribution in [0.3, 0.4) is 0 Å². The Kier molecular flexibility index (Phi) is 5.19. The Morgan fingerprint density at radius 2 is 1.83 bits per heavy atom. The minimum absolute atomic E-state index is 0.0611. The fourth-order valence-electron chi connectivity index (χ4n) is 3.56. The first-order valence-corrected chi connectivity index (χ1v) is 9.00. The molecule has 2 aliphatic carbocycles. The molecule has 130 valence electrons. The molecule has 24 heavy (non-hydrogen) atoms. The molecular formula is C19H27N3O2. The van der Waals surface area contributed by atoms with E-state index >= 15 is 0 Å². The maximum atomic E-state index is 12.4. The summed E-state index contributed by atoms with van der Waals surface area (Å²) in [7, 11) is 0. The highest BCUT2D eigenvalue weighted by atomic mass is 16.2. The van der Waals surface area contributed by atoms with E-state index in [0.29, 0.717) is 23.9 Å². The van der Waals surface area contributed by atoms with Gasteiger partial charge in [0.1, 0.15) is 0 Å². The van der Waals surface area contributed by atoms with Gasteiger partial charge in [0, 0.05) is 23.2 Å². The molecule has 2 saturated carbocycles. The van der Waals surface area contributed by atoms with Gasteiger partial charge in [-0.3, -0.25) is 9.59 Å². The Morgan fingerprint density at radius 3 is 2.46 bits per heavy atom. The van der Waals surface area contributed by atoms with E-state index in [9.17, 15) is 9.59 Å². The molecule has 0 radical (unpaired) electrons. The van der Waals surface area contributed by atoms with Crippen LogP contribution in [0.15, 0.2) is 24.3 Å². The van der Waals surface area contributed by atoms with Gasteiger partial charge in [-0.25, -0.2) is 0 Å². The number of benzene rings is 1. The lowest BCUT2D eigenvalue weighted by molar-refractivity contribution is -0.117. The van der Waals surface area contributed by atoms with Crippen LogP contribution >= 0.6 is 0 Å². The first-order chi connectivity index (χ1) is 11.6. The SMILES string of the molecule is CC1CC1C(=O)Nc1ccc(C(=O)NC2CCCCC2CN)cc1. The summed E-state index contributed by atoms with van der Waals surface area (Å²) in [4.78, 5) is 24.4. The molecule has 2 amide bonds. The molecular weight excluding hydrogens is 302 g/mol. The molecule has 0 spiro atoms. The van der Waals surface area contributed by atoms with Crippen LogP contribution in [-0.2, 0) is 4.79 Å². The average molecular weight is 329 g/mol. The third-order valence-electron chi connectivity index (χ3n) is 5.39. The molecule has 1 aromatic rings. The van der Waals surface area contributed by atoms with Crippen LogP contribution in [0.25, 0.3) is 0 Å². The number of carbonyl (C=O) groups excluding carboxylic acids is 2. The lowest BCUT2D eigenvalue weighted by Crippen LogP contribution is -2.44. The van der Waals surface area contributed by atoms with E-state index in [2.05, 4.69) is 17.6 Å². The van der Waals surface area contributed by atoms with Crippen LogP contribution in [0.2, 0.25) is 0 Å². The molecule has 2 fully saturated rings. The van der Waals surface area contributed by atoms with Crippen molar-refractivity contribution >= 4 is 17.5 Å². The fourth-order valence-corrected chi connectivity index (χ4v) is 3.56. The van der Waals surface area contributed by atoms with Crippen molar-refractivity contribution in [2.75, 3.05) is 11.9 Å². The number of hydrogen-bond donors (Lipinski definition) is 3. The molecule has 0 bridgehead atoms. The van der Waals surface area contributed by atoms with Crippen molar-refractivity contribution < 1.29 is 9.59 Å². The fraction of sp³-hybridized carbons (Fsp3) is 0.579. The number of hydrogen-bond acceptors (Lipinski definition) is 3. The largest absolute Gasteiger partial charge is 0.349 e. The van der Waals surface area contributed by atoms with Crippen LogP contribution in [-0.4, -0.2) is 24.4 Å². The summed E-state index contributed by atoms with van der Waals surface area (Å²) < 4.78 is 0. The summed E-state index contributed by atoms with van der Waals surface area (Å²) >= 11 is 0. The highest BCUT2D eigenvalue weighted by molar-refractivity contribution is 5.97. The van der Waals surface area contributed by atoms with Gasteiger partial charge in [0.2, 0.25) is 5.91 Å². The number of rotatable bonds is 5. The van der Waals surface area contributed by atoms with Crippen molar-refractivity contribution in [2.45, 2.75) is 45.1 Å². The molecule has 2 aliphatic rings. The smallest absolute Gasteiger partial charge is 0.251 e. The molecule has 0 heterocycles. The molecule has 4 atom stereocenters. The van der Waals surface area contributed by atoms with E-state index in [1.165, 1.54) is 6.42 Å².